The van der Waals surface area contributed by atoms with E-state index in [1.165, 1.54) is 0 Å². The van der Waals surface area contributed by atoms with Crippen molar-refractivity contribution >= 4 is 5.91 Å². The standard InChI is InChI=1S/C12H20N4O2/c17-12(11-9-18-8-5-14-11)15-3-1-2-6-16-7-4-13-10-16/h4,7,10-11,14H,1-3,5-6,8-9H2,(H,15,17). The Morgan fingerprint density at radius 3 is 3.22 bits per heavy atom. The normalized spacial score (nSPS) is 19.7. The van der Waals surface area contributed by atoms with Crippen LogP contribution in [0.2, 0.25) is 0 Å². The maximum absolute atomic E-state index is 11.7. The van der Waals surface area contributed by atoms with Crippen LogP contribution in [0.15, 0.2) is 18.7 Å². The van der Waals surface area contributed by atoms with Crippen LogP contribution in [-0.2, 0) is 16.1 Å². The summed E-state index contributed by atoms with van der Waals surface area (Å²) in [7, 11) is 0. The van der Waals surface area contributed by atoms with Crippen LogP contribution in [0.25, 0.3) is 0 Å². The van der Waals surface area contributed by atoms with E-state index in [9.17, 15) is 4.79 Å². The molecule has 18 heavy (non-hydrogen) atoms. The fraction of sp³-hybridized carbons (Fsp3) is 0.667. The molecule has 1 atom stereocenters. The molecule has 6 nitrogen and oxygen atoms in total. The van der Waals surface area contributed by atoms with Gasteiger partial charge in [-0.05, 0) is 12.8 Å². The molecule has 1 saturated heterocycles. The van der Waals surface area contributed by atoms with Gasteiger partial charge in [0.1, 0.15) is 6.04 Å². The second-order valence-electron chi connectivity index (χ2n) is 4.38. The lowest BCUT2D eigenvalue weighted by atomic mass is 10.2. The van der Waals surface area contributed by atoms with E-state index in [-0.39, 0.29) is 11.9 Å². The van der Waals surface area contributed by atoms with Gasteiger partial charge in [0.25, 0.3) is 0 Å². The molecule has 1 amide bonds. The first-order chi connectivity index (χ1) is 8.86. The number of hydrogen-bond donors (Lipinski definition) is 2. The van der Waals surface area contributed by atoms with Gasteiger partial charge in [-0.1, -0.05) is 0 Å². The van der Waals surface area contributed by atoms with Crippen molar-refractivity contribution in [3.8, 4) is 0 Å². The molecule has 1 aliphatic rings. The Labute approximate surface area is 107 Å². The highest BCUT2D eigenvalue weighted by Crippen LogP contribution is 1.96. The quantitative estimate of drug-likeness (QED) is 0.686. The lowest BCUT2D eigenvalue weighted by molar-refractivity contribution is -0.125. The number of morpholine rings is 1. The maximum Gasteiger partial charge on any atom is 0.239 e. The predicted molar refractivity (Wildman–Crippen MR) is 67.1 cm³/mol. The molecule has 1 unspecified atom stereocenters. The van der Waals surface area contributed by atoms with Gasteiger partial charge in [0, 0.05) is 32.0 Å². The molecular formula is C12H20N4O2. The number of aryl methyl sites for hydroxylation is 1. The van der Waals surface area contributed by atoms with Gasteiger partial charge in [-0.15, -0.1) is 0 Å². The summed E-state index contributed by atoms with van der Waals surface area (Å²) < 4.78 is 7.29. The second-order valence-corrected chi connectivity index (χ2v) is 4.38. The Morgan fingerprint density at radius 2 is 2.50 bits per heavy atom. The average Bonchev–Trinajstić information content (AvgIpc) is 2.92. The number of amides is 1. The van der Waals surface area contributed by atoms with Crippen LogP contribution in [0, 0.1) is 0 Å². The Balaban J connectivity index is 1.53. The molecule has 0 spiro atoms. The number of rotatable bonds is 6. The topological polar surface area (TPSA) is 68.2 Å². The van der Waals surface area contributed by atoms with Crippen LogP contribution in [0.5, 0.6) is 0 Å². The van der Waals surface area contributed by atoms with E-state index in [4.69, 9.17) is 4.74 Å². The first-order valence-electron chi connectivity index (χ1n) is 6.41. The minimum Gasteiger partial charge on any atom is -0.378 e. The lowest BCUT2D eigenvalue weighted by Gasteiger charge is -2.22. The molecule has 0 aliphatic carbocycles. The van der Waals surface area contributed by atoms with Crippen LogP contribution in [0.3, 0.4) is 0 Å². The van der Waals surface area contributed by atoms with Gasteiger partial charge in [-0.25, -0.2) is 4.98 Å². The second kappa shape index (κ2) is 7.13. The highest BCUT2D eigenvalue weighted by atomic mass is 16.5. The molecule has 1 aromatic rings. The summed E-state index contributed by atoms with van der Waals surface area (Å²) in [5.74, 6) is 0.0392. The average molecular weight is 252 g/mol. The fourth-order valence-electron chi connectivity index (χ4n) is 1.91. The smallest absolute Gasteiger partial charge is 0.239 e. The largest absolute Gasteiger partial charge is 0.378 e. The molecule has 6 heteroatoms. The van der Waals surface area contributed by atoms with Gasteiger partial charge < -0.3 is 19.9 Å². The van der Waals surface area contributed by atoms with Gasteiger partial charge in [-0.2, -0.15) is 0 Å². The van der Waals surface area contributed by atoms with Crippen LogP contribution in [-0.4, -0.2) is 47.8 Å². The van der Waals surface area contributed by atoms with Crippen LogP contribution >= 0.6 is 0 Å². The molecule has 2 N–H and O–H groups in total. The summed E-state index contributed by atoms with van der Waals surface area (Å²) in [5.41, 5.74) is 0. The zero-order valence-corrected chi connectivity index (χ0v) is 10.5. The van der Waals surface area contributed by atoms with Crippen molar-refractivity contribution in [3.05, 3.63) is 18.7 Å². The van der Waals surface area contributed by atoms with E-state index in [2.05, 4.69) is 15.6 Å². The van der Waals surface area contributed by atoms with E-state index in [0.29, 0.717) is 19.8 Å². The SMILES string of the molecule is O=C(NCCCCn1ccnc1)C1COCCN1. The van der Waals surface area contributed by atoms with Crippen molar-refractivity contribution < 1.29 is 9.53 Å². The molecule has 0 bridgehead atoms. The first-order valence-corrected chi connectivity index (χ1v) is 6.41. The number of unbranched alkanes of at least 4 members (excludes halogenated alkanes) is 1. The van der Waals surface area contributed by atoms with Crippen molar-refractivity contribution in [2.24, 2.45) is 0 Å². The van der Waals surface area contributed by atoms with E-state index < -0.39 is 0 Å². The van der Waals surface area contributed by atoms with Gasteiger partial charge in [0.15, 0.2) is 0 Å². The Morgan fingerprint density at radius 1 is 1.56 bits per heavy atom. The molecule has 2 heterocycles. The molecule has 1 aliphatic heterocycles. The number of nitrogens with one attached hydrogen (secondary N) is 2. The summed E-state index contributed by atoms with van der Waals surface area (Å²) >= 11 is 0. The third-order valence-electron chi connectivity index (χ3n) is 2.94. The van der Waals surface area contributed by atoms with Crippen LogP contribution < -0.4 is 10.6 Å². The molecule has 2 rings (SSSR count). The number of ether oxygens (including phenoxy) is 1. The monoisotopic (exact) mass is 252 g/mol. The third-order valence-corrected chi connectivity index (χ3v) is 2.94. The van der Waals surface area contributed by atoms with Crippen LogP contribution in [0.1, 0.15) is 12.8 Å². The third kappa shape index (κ3) is 4.12. The predicted octanol–water partition coefficient (Wildman–Crippen LogP) is -0.232. The highest BCUT2D eigenvalue weighted by molar-refractivity contribution is 5.81. The number of imidazole rings is 1. The number of nitrogens with zero attached hydrogens (tertiary/aromatic N) is 2. The van der Waals surface area contributed by atoms with Crippen molar-refractivity contribution in [2.45, 2.75) is 25.4 Å². The lowest BCUT2D eigenvalue weighted by Crippen LogP contribution is -2.51. The number of hydrogen-bond acceptors (Lipinski definition) is 4. The zero-order chi connectivity index (χ0) is 12.6. The number of carbonyl (C=O) groups excluding carboxylic acids is 1. The van der Waals surface area contributed by atoms with Crippen molar-refractivity contribution in [1.82, 2.24) is 20.2 Å². The van der Waals surface area contributed by atoms with Gasteiger partial charge in [0.05, 0.1) is 19.5 Å². The first kappa shape index (κ1) is 13.0. The summed E-state index contributed by atoms with van der Waals surface area (Å²) in [5, 5.41) is 6.06. The Kier molecular flexibility index (Phi) is 5.16. The Bertz CT molecular complexity index is 347. The van der Waals surface area contributed by atoms with E-state index >= 15 is 0 Å². The fourth-order valence-corrected chi connectivity index (χ4v) is 1.91. The zero-order valence-electron chi connectivity index (χ0n) is 10.5. The molecule has 0 saturated carbocycles. The minimum absolute atomic E-state index is 0.0392. The summed E-state index contributed by atoms with van der Waals surface area (Å²) in [6.45, 7) is 3.57. The minimum atomic E-state index is -0.188. The summed E-state index contributed by atoms with van der Waals surface area (Å²) in [6.07, 6.45) is 7.53. The highest BCUT2D eigenvalue weighted by Gasteiger charge is 2.20. The van der Waals surface area contributed by atoms with Crippen LogP contribution in [0.4, 0.5) is 0 Å². The maximum atomic E-state index is 11.7. The van der Waals surface area contributed by atoms with Gasteiger partial charge in [0.2, 0.25) is 5.91 Å². The molecule has 1 fully saturated rings. The van der Waals surface area contributed by atoms with Crippen molar-refractivity contribution in [1.29, 1.82) is 0 Å². The van der Waals surface area contributed by atoms with E-state index in [1.807, 2.05) is 17.1 Å². The van der Waals surface area contributed by atoms with Gasteiger partial charge >= 0.3 is 0 Å². The van der Waals surface area contributed by atoms with Gasteiger partial charge in [-0.3, -0.25) is 4.79 Å². The molecule has 100 valence electrons. The summed E-state index contributed by atoms with van der Waals surface area (Å²) in [4.78, 5) is 15.7. The molecule has 0 radical (unpaired) electrons. The summed E-state index contributed by atoms with van der Waals surface area (Å²) in [6, 6.07) is -0.188. The van der Waals surface area contributed by atoms with Crippen molar-refractivity contribution in [2.75, 3.05) is 26.3 Å². The molecule has 1 aromatic heterocycles. The van der Waals surface area contributed by atoms with Crippen molar-refractivity contribution in [3.63, 3.8) is 0 Å². The number of carbonyl (C=O) groups is 1. The molecule has 0 aromatic carbocycles. The number of aromatic nitrogens is 2. The Hall–Kier alpha value is -1.40. The molecular weight excluding hydrogens is 232 g/mol. The van der Waals surface area contributed by atoms with E-state index in [0.717, 1.165) is 25.9 Å². The van der Waals surface area contributed by atoms with E-state index in [1.54, 1.807) is 6.20 Å².